The highest BCUT2D eigenvalue weighted by Crippen LogP contribution is 2.28. The van der Waals surface area contributed by atoms with E-state index in [1.165, 1.54) is 6.07 Å². The van der Waals surface area contributed by atoms with Crippen LogP contribution >= 0.6 is 24.2 Å². The lowest BCUT2D eigenvalue weighted by atomic mass is 9.96. The summed E-state index contributed by atoms with van der Waals surface area (Å²) < 4.78 is 19.4. The zero-order valence-electron chi connectivity index (χ0n) is 11.4. The lowest BCUT2D eigenvalue weighted by Crippen LogP contribution is -2.37. The van der Waals surface area contributed by atoms with Crippen molar-refractivity contribution in [2.45, 2.75) is 31.4 Å². The normalized spacial score (nSPS) is 21.3. The number of thioether (sulfide) groups is 1. The molecule has 116 valence electrons. The van der Waals surface area contributed by atoms with E-state index in [0.717, 1.165) is 30.9 Å². The van der Waals surface area contributed by atoms with Gasteiger partial charge in [-0.1, -0.05) is 0 Å². The fourth-order valence-corrected chi connectivity index (χ4v) is 3.08. The van der Waals surface area contributed by atoms with E-state index in [1.54, 1.807) is 23.9 Å². The Balaban J connectivity index is 0.00000161. The summed E-state index contributed by atoms with van der Waals surface area (Å²) >= 11 is 1.68. The van der Waals surface area contributed by atoms with Crippen LogP contribution in [0.4, 0.5) is 10.1 Å². The van der Waals surface area contributed by atoms with E-state index in [1.807, 2.05) is 0 Å². The number of rotatable bonds is 4. The van der Waals surface area contributed by atoms with E-state index in [4.69, 9.17) is 4.74 Å². The number of carbonyl (C=O) groups is 1. The summed E-state index contributed by atoms with van der Waals surface area (Å²) in [5.74, 6) is 1.24. The number of carbonyl (C=O) groups excluding carboxylic acids is 1. The molecular formula is C14H18ClFN2O2S. The summed E-state index contributed by atoms with van der Waals surface area (Å²) in [5.41, 5.74) is 0.465. The molecule has 1 saturated carbocycles. The van der Waals surface area contributed by atoms with Crippen molar-refractivity contribution in [3.8, 4) is 5.75 Å². The van der Waals surface area contributed by atoms with Gasteiger partial charge >= 0.3 is 0 Å². The van der Waals surface area contributed by atoms with E-state index in [0.29, 0.717) is 5.69 Å². The van der Waals surface area contributed by atoms with Crippen LogP contribution in [0.25, 0.3) is 0 Å². The first kappa shape index (κ1) is 16.4. The average molecular weight is 333 g/mol. The third-order valence-electron chi connectivity index (χ3n) is 3.58. The van der Waals surface area contributed by atoms with E-state index >= 15 is 0 Å². The van der Waals surface area contributed by atoms with E-state index in [-0.39, 0.29) is 36.2 Å². The quantitative estimate of drug-likeness (QED) is 0.890. The van der Waals surface area contributed by atoms with Crippen molar-refractivity contribution in [1.82, 2.24) is 5.32 Å². The van der Waals surface area contributed by atoms with Crippen molar-refractivity contribution in [2.75, 3.05) is 16.9 Å². The van der Waals surface area contributed by atoms with Crippen molar-refractivity contribution in [3.05, 3.63) is 24.0 Å². The van der Waals surface area contributed by atoms with E-state index < -0.39 is 5.82 Å². The zero-order valence-corrected chi connectivity index (χ0v) is 13.1. The second kappa shape index (κ2) is 7.33. The molecular weight excluding hydrogens is 315 g/mol. The van der Waals surface area contributed by atoms with Crippen LogP contribution in [0.15, 0.2) is 18.2 Å². The lowest BCUT2D eigenvalue weighted by molar-refractivity contribution is -0.117. The summed E-state index contributed by atoms with van der Waals surface area (Å²) in [6, 6.07) is 4.37. The fourth-order valence-electron chi connectivity index (χ4n) is 2.14. The van der Waals surface area contributed by atoms with Crippen molar-refractivity contribution in [3.63, 3.8) is 0 Å². The third-order valence-corrected chi connectivity index (χ3v) is 4.52. The molecule has 1 aliphatic carbocycles. The van der Waals surface area contributed by atoms with Gasteiger partial charge in [-0.15, -0.1) is 24.2 Å². The monoisotopic (exact) mass is 332 g/mol. The highest BCUT2D eigenvalue weighted by molar-refractivity contribution is 7.99. The topological polar surface area (TPSA) is 50.4 Å². The van der Waals surface area contributed by atoms with Gasteiger partial charge in [0, 0.05) is 23.4 Å². The molecule has 3 rings (SSSR count). The standard InChI is InChI=1S/C14H17FN2O2S.ClH/c15-11-6-9(17-14(18)12-7-20-8-16-12)4-5-13(11)19-10-2-1-3-10;/h4-6,10,12,16H,1-3,7-8H2,(H,17,18);1H. The Morgan fingerprint density at radius 2 is 2.24 bits per heavy atom. The number of nitrogens with one attached hydrogen (secondary N) is 2. The summed E-state index contributed by atoms with van der Waals surface area (Å²) in [6.45, 7) is 0. The summed E-state index contributed by atoms with van der Waals surface area (Å²) in [4.78, 5) is 11.9. The molecule has 1 atom stereocenters. The van der Waals surface area contributed by atoms with Crippen LogP contribution in [0.2, 0.25) is 0 Å². The molecule has 2 N–H and O–H groups in total. The molecule has 2 fully saturated rings. The maximum absolute atomic E-state index is 13.9. The van der Waals surface area contributed by atoms with Gasteiger partial charge in [0.25, 0.3) is 0 Å². The van der Waals surface area contributed by atoms with Crippen LogP contribution in [0.5, 0.6) is 5.75 Å². The number of anilines is 1. The van der Waals surface area contributed by atoms with Gasteiger partial charge in [0.05, 0.1) is 12.1 Å². The Morgan fingerprint density at radius 1 is 1.43 bits per heavy atom. The summed E-state index contributed by atoms with van der Waals surface area (Å²) in [5, 5.41) is 5.80. The van der Waals surface area contributed by atoms with Gasteiger partial charge in [-0.05, 0) is 31.4 Å². The molecule has 1 aliphatic heterocycles. The van der Waals surface area contributed by atoms with E-state index in [2.05, 4.69) is 10.6 Å². The predicted octanol–water partition coefficient (Wildman–Crippen LogP) is 2.78. The largest absolute Gasteiger partial charge is 0.487 e. The Morgan fingerprint density at radius 3 is 2.81 bits per heavy atom. The number of hydrogen-bond acceptors (Lipinski definition) is 4. The minimum Gasteiger partial charge on any atom is -0.487 e. The van der Waals surface area contributed by atoms with Crippen molar-refractivity contribution >= 4 is 35.8 Å². The number of hydrogen-bond donors (Lipinski definition) is 2. The maximum atomic E-state index is 13.9. The Hall–Kier alpha value is -0.980. The number of amides is 1. The first-order valence-electron chi connectivity index (χ1n) is 6.80. The average Bonchev–Trinajstić information content (AvgIpc) is 2.89. The van der Waals surface area contributed by atoms with Gasteiger partial charge in [-0.2, -0.15) is 0 Å². The minimum absolute atomic E-state index is 0. The zero-order chi connectivity index (χ0) is 13.9. The van der Waals surface area contributed by atoms with Gasteiger partial charge in [-0.25, -0.2) is 4.39 Å². The lowest BCUT2D eigenvalue weighted by Gasteiger charge is -2.26. The van der Waals surface area contributed by atoms with Gasteiger partial charge in [-0.3, -0.25) is 10.1 Å². The molecule has 0 aromatic heterocycles. The third kappa shape index (κ3) is 4.02. The molecule has 1 aromatic carbocycles. The van der Waals surface area contributed by atoms with Crippen molar-refractivity contribution in [2.24, 2.45) is 0 Å². The van der Waals surface area contributed by atoms with Crippen LogP contribution in [0.1, 0.15) is 19.3 Å². The molecule has 0 radical (unpaired) electrons. The molecule has 21 heavy (non-hydrogen) atoms. The molecule has 1 aromatic rings. The number of benzene rings is 1. The minimum atomic E-state index is -0.427. The molecule has 2 aliphatic rings. The fraction of sp³-hybridized carbons (Fsp3) is 0.500. The predicted molar refractivity (Wildman–Crippen MR) is 84.8 cm³/mol. The van der Waals surface area contributed by atoms with E-state index in [9.17, 15) is 9.18 Å². The SMILES string of the molecule is Cl.O=C(Nc1ccc(OC2CCC2)c(F)c1)C1CSCN1. The highest BCUT2D eigenvalue weighted by atomic mass is 35.5. The molecule has 1 amide bonds. The Bertz CT molecular complexity index is 508. The van der Waals surface area contributed by atoms with Crippen LogP contribution < -0.4 is 15.4 Å². The number of ether oxygens (including phenoxy) is 1. The summed E-state index contributed by atoms with van der Waals surface area (Å²) in [6.07, 6.45) is 3.27. The molecule has 0 bridgehead atoms. The van der Waals surface area contributed by atoms with Gasteiger partial charge in [0.15, 0.2) is 11.6 Å². The smallest absolute Gasteiger partial charge is 0.242 e. The molecule has 7 heteroatoms. The number of halogens is 2. The van der Waals surface area contributed by atoms with Crippen LogP contribution in [-0.2, 0) is 4.79 Å². The summed E-state index contributed by atoms with van der Waals surface area (Å²) in [7, 11) is 0. The second-order valence-corrected chi connectivity index (χ2v) is 6.11. The molecule has 1 heterocycles. The van der Waals surface area contributed by atoms with Crippen molar-refractivity contribution in [1.29, 1.82) is 0 Å². The first-order valence-corrected chi connectivity index (χ1v) is 7.96. The molecule has 0 spiro atoms. The highest BCUT2D eigenvalue weighted by Gasteiger charge is 2.23. The van der Waals surface area contributed by atoms with Crippen LogP contribution in [-0.4, -0.2) is 29.7 Å². The second-order valence-electron chi connectivity index (χ2n) is 5.08. The van der Waals surface area contributed by atoms with Crippen molar-refractivity contribution < 1.29 is 13.9 Å². The molecule has 1 unspecified atom stereocenters. The first-order chi connectivity index (χ1) is 9.72. The molecule has 4 nitrogen and oxygen atoms in total. The van der Waals surface area contributed by atoms with Crippen LogP contribution in [0.3, 0.4) is 0 Å². The molecule has 1 saturated heterocycles. The van der Waals surface area contributed by atoms with Gasteiger partial charge < -0.3 is 10.1 Å². The maximum Gasteiger partial charge on any atom is 0.242 e. The van der Waals surface area contributed by atoms with Gasteiger partial charge in [0.2, 0.25) is 5.91 Å². The van der Waals surface area contributed by atoms with Gasteiger partial charge in [0.1, 0.15) is 0 Å². The Kier molecular flexibility index (Phi) is 5.72. The van der Waals surface area contributed by atoms with Crippen LogP contribution in [0, 0.1) is 5.82 Å². The Labute approximate surface area is 133 Å².